The molecule has 0 fully saturated rings. The second-order valence-electron chi connectivity index (χ2n) is 0. The molecule has 151 valence electrons. The second kappa shape index (κ2) is 79.4. The van der Waals surface area contributed by atoms with Gasteiger partial charge in [-0.05, 0) is 0 Å². The molecule has 0 aromatic heterocycles. The van der Waals surface area contributed by atoms with Crippen LogP contribution in [0.25, 0.3) is 0 Å². The Morgan fingerprint density at radius 2 is 0.308 bits per heavy atom. The maximum Gasteiger partial charge on any atom is 0 e. The molecular weight excluding hydrogens is 2160 g/mol. The first-order valence-electron chi connectivity index (χ1n) is 0. The van der Waals surface area contributed by atoms with Crippen molar-refractivity contribution in [2.75, 3.05) is 0 Å². The predicted molar refractivity (Wildman–Crippen MR) is 0 cm³/mol. The summed E-state index contributed by atoms with van der Waals surface area (Å²) in [5.74, 6) is 0. The van der Waals surface area contributed by atoms with E-state index in [0.717, 1.165) is 0 Å². The van der Waals surface area contributed by atoms with Gasteiger partial charge in [0.2, 0.25) is 0 Å². The van der Waals surface area contributed by atoms with Crippen molar-refractivity contribution in [1.29, 1.82) is 0 Å². The quantitative estimate of drug-likeness (QED) is 0.301. The molecule has 13 heteroatoms. The van der Waals surface area contributed by atoms with E-state index < -0.39 is 0 Å². The van der Waals surface area contributed by atoms with E-state index in [2.05, 4.69) is 0 Å². The minimum absolute atomic E-state index is 0. The van der Waals surface area contributed by atoms with Crippen molar-refractivity contribution in [2.24, 2.45) is 0 Å². The molecule has 0 atom stereocenters. The Labute approximate surface area is 468 Å². The van der Waals surface area contributed by atoms with Crippen molar-refractivity contribution in [3.63, 3.8) is 0 Å². The van der Waals surface area contributed by atoms with Gasteiger partial charge >= 0.3 is 0 Å². The van der Waals surface area contributed by atoms with E-state index in [1.165, 1.54) is 0 Å². The van der Waals surface area contributed by atoms with Gasteiger partial charge in [-0.2, -0.15) is 0 Å². The van der Waals surface area contributed by atoms with Gasteiger partial charge in [0, 0.05) is 487 Å². The van der Waals surface area contributed by atoms with Crippen LogP contribution in [-0.2, 0) is 0 Å². The monoisotopic (exact) mass is 2150 g/mol. The van der Waals surface area contributed by atoms with Crippen LogP contribution in [0.15, 0.2) is 0 Å². The summed E-state index contributed by atoms with van der Waals surface area (Å²) in [5, 5.41) is 0. The average molecular weight is 2160 g/mol. The van der Waals surface area contributed by atoms with E-state index in [1.54, 1.807) is 0 Å². The van der Waals surface area contributed by atoms with E-state index in [1.807, 2.05) is 0 Å². The first-order valence-corrected chi connectivity index (χ1v) is 0. The fourth-order valence-corrected chi connectivity index (χ4v) is 0. The Kier molecular flexibility index (Phi) is 540. The van der Waals surface area contributed by atoms with Gasteiger partial charge in [0.1, 0.15) is 0 Å². The normalized spacial score (nSPS) is 0. The third kappa shape index (κ3) is 73.7. The Morgan fingerprint density at radius 3 is 0.308 bits per heavy atom. The summed E-state index contributed by atoms with van der Waals surface area (Å²) >= 11 is 0. The van der Waals surface area contributed by atoms with Crippen molar-refractivity contribution < 1.29 is 487 Å². The molecule has 0 aliphatic rings. The Bertz CT molecular complexity index is 23.8. The molecule has 0 bridgehead atoms. The van der Waals surface area contributed by atoms with Gasteiger partial charge < -0.3 is 0 Å². The van der Waals surface area contributed by atoms with Crippen LogP contribution in [0, 0.1) is 487 Å². The first kappa shape index (κ1) is 88.4. The summed E-state index contributed by atoms with van der Waals surface area (Å²) in [4.78, 5) is 0. The minimum Gasteiger partial charge on any atom is 0 e. The fourth-order valence-electron chi connectivity index (χ4n) is 0. The molecule has 0 heterocycles. The molecule has 0 amide bonds. The molecule has 0 aromatic carbocycles. The standard InChI is InChI=1S/6Er.2Ho.2Tb.3Tm. The summed E-state index contributed by atoms with van der Waals surface area (Å²) in [7, 11) is 0. The molecule has 0 aliphatic heterocycles. The van der Waals surface area contributed by atoms with Crippen molar-refractivity contribution in [1.82, 2.24) is 0 Å². The van der Waals surface area contributed by atoms with Crippen molar-refractivity contribution >= 4 is 0 Å². The molecule has 0 N–H and O–H groups in total. The SMILES string of the molecule is [Er].[Er].[Er].[Er].[Er].[Er].[Ho].[Ho].[Tb].[Tb].[Tm].[Tm].[Tm]. The first-order chi connectivity index (χ1) is 0. The van der Waals surface area contributed by atoms with Crippen LogP contribution in [0.1, 0.15) is 0 Å². The van der Waals surface area contributed by atoms with Crippen molar-refractivity contribution in [3.8, 4) is 0 Å². The van der Waals surface area contributed by atoms with Crippen LogP contribution < -0.4 is 0 Å². The van der Waals surface area contributed by atoms with Gasteiger partial charge in [0.25, 0.3) is 0 Å². The molecule has 7 radical (unpaired) electrons. The molecule has 0 nitrogen and oxygen atoms in total. The second-order valence-corrected chi connectivity index (χ2v) is 0. The molecule has 0 unspecified atom stereocenters. The Hall–Kier alpha value is 16.3. The van der Waals surface area contributed by atoms with Gasteiger partial charge in [-0.1, -0.05) is 0 Å². The molecule has 0 saturated heterocycles. The summed E-state index contributed by atoms with van der Waals surface area (Å²) in [6.45, 7) is 0. The summed E-state index contributed by atoms with van der Waals surface area (Å²) in [6, 6.07) is 0. The van der Waals surface area contributed by atoms with Gasteiger partial charge in [0.15, 0.2) is 0 Å². The van der Waals surface area contributed by atoms with E-state index in [9.17, 15) is 0 Å². The Morgan fingerprint density at radius 1 is 0.308 bits per heavy atom. The van der Waals surface area contributed by atoms with Gasteiger partial charge in [-0.25, -0.2) is 0 Å². The Balaban J connectivity index is 0. The molecule has 0 spiro atoms. The maximum absolute atomic E-state index is 0. The van der Waals surface area contributed by atoms with Crippen LogP contribution in [0.2, 0.25) is 0 Å². The van der Waals surface area contributed by atoms with Gasteiger partial charge in [-0.3, -0.25) is 0 Å². The van der Waals surface area contributed by atoms with Crippen LogP contribution in [0.5, 0.6) is 0 Å². The van der Waals surface area contributed by atoms with Gasteiger partial charge in [0.05, 0.1) is 0 Å². The minimum atomic E-state index is 0. The number of hydrogen-bond acceptors (Lipinski definition) is 0. The third-order valence-electron chi connectivity index (χ3n) is 0. The molecule has 0 aliphatic carbocycles. The summed E-state index contributed by atoms with van der Waals surface area (Å²) < 4.78 is 0. The smallest absolute Gasteiger partial charge is 0 e. The molecule has 13 heavy (non-hydrogen) atoms. The largest absolute Gasteiger partial charge is 0 e. The van der Waals surface area contributed by atoms with Crippen molar-refractivity contribution in [3.05, 3.63) is 0 Å². The molecular formula is Er6Ho2Tb2Tm3. The van der Waals surface area contributed by atoms with Crippen LogP contribution in [0.4, 0.5) is 0 Å². The molecule has 0 saturated carbocycles. The zero-order valence-electron chi connectivity index (χ0n) is 3.83. The fraction of sp³-hybridized carbons (Fsp3) is 0. The van der Waals surface area contributed by atoms with Crippen LogP contribution >= 0.6 is 0 Å². The van der Waals surface area contributed by atoms with Crippen LogP contribution in [-0.4, -0.2) is 0 Å². The zero-order valence-corrected chi connectivity index (χ0v) is 28.4. The maximum atomic E-state index is 0. The topological polar surface area (TPSA) is 0 Å². The summed E-state index contributed by atoms with van der Waals surface area (Å²) in [5.41, 5.74) is 0. The average Bonchev–Trinajstić information content (AvgIpc) is 0. The molecule has 0 aromatic rings. The van der Waals surface area contributed by atoms with E-state index in [0.29, 0.717) is 0 Å². The van der Waals surface area contributed by atoms with Gasteiger partial charge in [-0.15, -0.1) is 0 Å². The predicted octanol–water partition coefficient (Wildman–Crippen LogP) is 0. The molecule has 0 rings (SSSR count). The van der Waals surface area contributed by atoms with E-state index in [4.69, 9.17) is 0 Å². The summed E-state index contributed by atoms with van der Waals surface area (Å²) in [6.07, 6.45) is 0. The van der Waals surface area contributed by atoms with Crippen molar-refractivity contribution in [2.45, 2.75) is 0 Å². The van der Waals surface area contributed by atoms with Crippen LogP contribution in [0.3, 0.4) is 0 Å². The van der Waals surface area contributed by atoms with E-state index in [-0.39, 0.29) is 487 Å². The number of hydrogen-bond donors (Lipinski definition) is 0. The van der Waals surface area contributed by atoms with E-state index >= 15 is 0 Å². The zero-order chi connectivity index (χ0) is 0. The third-order valence-corrected chi connectivity index (χ3v) is 0. The number of rotatable bonds is 0.